The first-order valence-electron chi connectivity index (χ1n) is 7.52. The third kappa shape index (κ3) is 3.59. The van der Waals surface area contributed by atoms with Gasteiger partial charge in [0.25, 0.3) is 0 Å². The minimum atomic E-state index is 0.609. The molecular weight excluding hydrogens is 356 g/mol. The van der Waals surface area contributed by atoms with E-state index in [0.717, 1.165) is 26.9 Å². The van der Waals surface area contributed by atoms with Crippen LogP contribution in [0.25, 0.3) is 11.1 Å². The molecule has 25 heavy (non-hydrogen) atoms. The van der Waals surface area contributed by atoms with E-state index in [9.17, 15) is 0 Å². The Morgan fingerprint density at radius 2 is 1.96 bits per heavy atom. The fourth-order valence-corrected chi connectivity index (χ4v) is 3.89. The number of hydrogen-bond acceptors (Lipinski definition) is 8. The molecule has 2 aromatic carbocycles. The molecule has 0 fully saturated rings. The summed E-state index contributed by atoms with van der Waals surface area (Å²) in [5.41, 5.74) is 2.53. The number of methoxy groups -OCH3 is 1. The number of para-hydroxylation sites is 4. The van der Waals surface area contributed by atoms with E-state index in [1.807, 2.05) is 48.5 Å². The number of ether oxygens (including phenoxy) is 1. The summed E-state index contributed by atoms with van der Waals surface area (Å²) in [6.45, 7) is 0. The number of aromatic nitrogens is 3. The Balaban J connectivity index is 1.42. The lowest BCUT2D eigenvalue weighted by Crippen LogP contribution is -1.93. The molecule has 2 heterocycles. The summed E-state index contributed by atoms with van der Waals surface area (Å²) in [6.07, 6.45) is 0. The van der Waals surface area contributed by atoms with Gasteiger partial charge in [-0.1, -0.05) is 47.4 Å². The number of anilines is 2. The normalized spacial score (nSPS) is 10.9. The summed E-state index contributed by atoms with van der Waals surface area (Å²) in [6, 6.07) is 15.4. The SMILES string of the molecule is COc1ccccc1Nc1nnc(SCc2nc3ccccc3o2)s1. The van der Waals surface area contributed by atoms with Crippen molar-refractivity contribution >= 4 is 45.0 Å². The van der Waals surface area contributed by atoms with Crippen molar-refractivity contribution in [1.29, 1.82) is 0 Å². The topological polar surface area (TPSA) is 73.1 Å². The van der Waals surface area contributed by atoms with Crippen molar-refractivity contribution in [2.45, 2.75) is 10.1 Å². The lowest BCUT2D eigenvalue weighted by atomic mass is 10.3. The summed E-state index contributed by atoms with van der Waals surface area (Å²) in [4.78, 5) is 4.46. The minimum Gasteiger partial charge on any atom is -0.495 e. The van der Waals surface area contributed by atoms with Crippen molar-refractivity contribution in [1.82, 2.24) is 15.2 Å². The lowest BCUT2D eigenvalue weighted by molar-refractivity contribution is 0.417. The summed E-state index contributed by atoms with van der Waals surface area (Å²) >= 11 is 3.03. The highest BCUT2D eigenvalue weighted by Crippen LogP contribution is 2.32. The molecule has 4 aromatic rings. The number of oxazole rings is 1. The predicted octanol–water partition coefficient (Wildman–Crippen LogP) is 4.72. The Hall–Kier alpha value is -2.58. The highest BCUT2D eigenvalue weighted by atomic mass is 32.2. The van der Waals surface area contributed by atoms with Gasteiger partial charge in [0, 0.05) is 0 Å². The maximum atomic E-state index is 5.71. The molecule has 0 amide bonds. The zero-order valence-electron chi connectivity index (χ0n) is 13.3. The molecule has 0 bridgehead atoms. The van der Waals surface area contributed by atoms with Crippen LogP contribution in [0.2, 0.25) is 0 Å². The van der Waals surface area contributed by atoms with Crippen LogP contribution in [0.4, 0.5) is 10.8 Å². The first kappa shape index (κ1) is 15.9. The fourth-order valence-electron chi connectivity index (χ4n) is 2.29. The van der Waals surface area contributed by atoms with Crippen molar-refractivity contribution in [2.24, 2.45) is 0 Å². The van der Waals surface area contributed by atoms with Gasteiger partial charge in [-0.2, -0.15) is 0 Å². The number of rotatable bonds is 6. The van der Waals surface area contributed by atoms with Gasteiger partial charge in [0.15, 0.2) is 9.92 Å². The van der Waals surface area contributed by atoms with Crippen molar-refractivity contribution in [3.8, 4) is 5.75 Å². The lowest BCUT2D eigenvalue weighted by Gasteiger charge is -2.07. The van der Waals surface area contributed by atoms with Gasteiger partial charge in [0.2, 0.25) is 11.0 Å². The molecule has 6 nitrogen and oxygen atoms in total. The highest BCUT2D eigenvalue weighted by Gasteiger charge is 2.10. The highest BCUT2D eigenvalue weighted by molar-refractivity contribution is 8.00. The second-order valence-corrected chi connectivity index (χ2v) is 7.26. The standard InChI is InChI=1S/C17H14N4O2S2/c1-22-13-8-4-2-6-11(13)19-16-20-21-17(25-16)24-10-15-18-12-7-3-5-9-14(12)23-15/h2-9H,10H2,1H3,(H,19,20). The van der Waals surface area contributed by atoms with Crippen LogP contribution < -0.4 is 10.1 Å². The maximum absolute atomic E-state index is 5.71. The molecule has 0 radical (unpaired) electrons. The van der Waals surface area contributed by atoms with Gasteiger partial charge >= 0.3 is 0 Å². The molecule has 1 N–H and O–H groups in total. The Morgan fingerprint density at radius 1 is 1.12 bits per heavy atom. The quantitative estimate of drug-likeness (QED) is 0.492. The van der Waals surface area contributed by atoms with Crippen molar-refractivity contribution in [2.75, 3.05) is 12.4 Å². The molecule has 2 aromatic heterocycles. The number of benzene rings is 2. The van der Waals surface area contributed by atoms with Gasteiger partial charge in [-0.3, -0.25) is 0 Å². The van der Waals surface area contributed by atoms with E-state index < -0.39 is 0 Å². The van der Waals surface area contributed by atoms with Gasteiger partial charge in [0.05, 0.1) is 18.6 Å². The van der Waals surface area contributed by atoms with Crippen molar-refractivity contribution < 1.29 is 9.15 Å². The Bertz CT molecular complexity index is 966. The number of nitrogens with one attached hydrogen (secondary N) is 1. The molecule has 0 unspecified atom stereocenters. The number of fused-ring (bicyclic) bond motifs is 1. The van der Waals surface area contributed by atoms with Crippen LogP contribution in [-0.4, -0.2) is 22.3 Å². The van der Waals surface area contributed by atoms with Crippen LogP contribution in [0.15, 0.2) is 57.3 Å². The second kappa shape index (κ2) is 7.12. The molecule has 0 aliphatic carbocycles. The Labute approximate surface area is 152 Å². The monoisotopic (exact) mass is 370 g/mol. The second-order valence-electron chi connectivity index (χ2n) is 5.06. The maximum Gasteiger partial charge on any atom is 0.210 e. The Morgan fingerprint density at radius 3 is 2.84 bits per heavy atom. The molecule has 0 saturated heterocycles. The Kier molecular flexibility index (Phi) is 4.53. The average molecular weight is 370 g/mol. The van der Waals surface area contributed by atoms with Gasteiger partial charge in [-0.05, 0) is 24.3 Å². The summed E-state index contributed by atoms with van der Waals surface area (Å²) in [5, 5.41) is 12.3. The number of nitrogens with zero attached hydrogens (tertiary/aromatic N) is 3. The minimum absolute atomic E-state index is 0.609. The van der Waals surface area contributed by atoms with Crippen LogP contribution in [0.1, 0.15) is 5.89 Å². The van der Waals surface area contributed by atoms with E-state index in [-0.39, 0.29) is 0 Å². The molecule has 0 saturated carbocycles. The van der Waals surface area contributed by atoms with E-state index in [2.05, 4.69) is 20.5 Å². The number of thioether (sulfide) groups is 1. The van der Waals surface area contributed by atoms with Crippen LogP contribution in [0.5, 0.6) is 5.75 Å². The third-order valence-electron chi connectivity index (χ3n) is 3.41. The van der Waals surface area contributed by atoms with E-state index in [1.54, 1.807) is 18.9 Å². The molecule has 8 heteroatoms. The summed E-state index contributed by atoms with van der Waals surface area (Å²) in [7, 11) is 1.64. The van der Waals surface area contributed by atoms with Crippen molar-refractivity contribution in [3.05, 3.63) is 54.4 Å². The molecule has 0 spiro atoms. The molecule has 126 valence electrons. The van der Waals surface area contributed by atoms with Gasteiger partial charge in [-0.25, -0.2) is 4.98 Å². The largest absolute Gasteiger partial charge is 0.495 e. The molecule has 4 rings (SSSR count). The van der Waals surface area contributed by atoms with Gasteiger partial charge in [0.1, 0.15) is 11.3 Å². The molecule has 0 aliphatic heterocycles. The zero-order valence-corrected chi connectivity index (χ0v) is 14.9. The molecular formula is C17H14N4O2S2. The smallest absolute Gasteiger partial charge is 0.210 e. The van der Waals surface area contributed by atoms with Crippen LogP contribution in [0.3, 0.4) is 0 Å². The first-order valence-corrected chi connectivity index (χ1v) is 9.33. The van der Waals surface area contributed by atoms with Crippen LogP contribution in [-0.2, 0) is 5.75 Å². The first-order chi connectivity index (χ1) is 12.3. The number of hydrogen-bond donors (Lipinski definition) is 1. The van der Waals surface area contributed by atoms with Crippen LogP contribution >= 0.6 is 23.1 Å². The van der Waals surface area contributed by atoms with E-state index in [0.29, 0.717) is 16.8 Å². The van der Waals surface area contributed by atoms with E-state index in [1.165, 1.54) is 11.3 Å². The van der Waals surface area contributed by atoms with Gasteiger partial charge in [-0.15, -0.1) is 10.2 Å². The van der Waals surface area contributed by atoms with Gasteiger partial charge < -0.3 is 14.5 Å². The summed E-state index contributed by atoms with van der Waals surface area (Å²) < 4.78 is 11.9. The zero-order chi connectivity index (χ0) is 17.1. The predicted molar refractivity (Wildman–Crippen MR) is 99.8 cm³/mol. The van der Waals surface area contributed by atoms with E-state index in [4.69, 9.17) is 9.15 Å². The van der Waals surface area contributed by atoms with E-state index >= 15 is 0 Å². The average Bonchev–Trinajstić information content (AvgIpc) is 3.26. The molecule has 0 atom stereocenters. The fraction of sp³-hybridized carbons (Fsp3) is 0.118. The van der Waals surface area contributed by atoms with Crippen LogP contribution in [0, 0.1) is 0 Å². The third-order valence-corrected chi connectivity index (χ3v) is 5.37. The summed E-state index contributed by atoms with van der Waals surface area (Å²) in [5.74, 6) is 2.05. The molecule has 0 aliphatic rings. The van der Waals surface area contributed by atoms with Crippen molar-refractivity contribution in [3.63, 3.8) is 0 Å².